The van der Waals surface area contributed by atoms with Crippen LogP contribution in [0.2, 0.25) is 0 Å². The summed E-state index contributed by atoms with van der Waals surface area (Å²) in [6, 6.07) is 5.31. The first-order valence-corrected chi connectivity index (χ1v) is 6.97. The number of fused-ring (bicyclic) bond motifs is 1. The lowest BCUT2D eigenvalue weighted by Gasteiger charge is -2.36. The summed E-state index contributed by atoms with van der Waals surface area (Å²) in [6.45, 7) is 5.16. The van der Waals surface area contributed by atoms with Crippen LogP contribution in [0.4, 0.5) is 5.82 Å². The molecule has 1 fully saturated rings. The van der Waals surface area contributed by atoms with Crippen molar-refractivity contribution in [2.45, 2.75) is 26.1 Å². The smallest absolute Gasteiger partial charge is 0.270 e. The van der Waals surface area contributed by atoms with Gasteiger partial charge in [0, 0.05) is 19.3 Å². The van der Waals surface area contributed by atoms with Crippen LogP contribution in [0, 0.1) is 0 Å². The zero-order valence-corrected chi connectivity index (χ0v) is 12.0. The topological polar surface area (TPSA) is 63.9 Å². The number of aromatic nitrogens is 2. The monoisotopic (exact) mass is 287 g/mol. The molecule has 0 aromatic carbocycles. The zero-order chi connectivity index (χ0) is 15.0. The average molecular weight is 287 g/mol. The van der Waals surface area contributed by atoms with Gasteiger partial charge in [-0.05, 0) is 26.0 Å². The summed E-state index contributed by atoms with van der Waals surface area (Å²) in [4.78, 5) is 30.3. The van der Waals surface area contributed by atoms with Crippen LogP contribution < -0.4 is 10.5 Å². The summed E-state index contributed by atoms with van der Waals surface area (Å²) in [6.07, 6.45) is 2.27. The van der Waals surface area contributed by atoms with E-state index in [4.69, 9.17) is 4.74 Å². The number of morpholine rings is 1. The molecule has 2 aromatic heterocycles. The molecule has 1 aliphatic heterocycles. The Kier molecular flexibility index (Phi) is 3.47. The van der Waals surface area contributed by atoms with E-state index in [-0.39, 0.29) is 23.3 Å². The molecule has 1 aliphatic rings. The van der Waals surface area contributed by atoms with E-state index < -0.39 is 0 Å². The van der Waals surface area contributed by atoms with E-state index >= 15 is 0 Å². The molecule has 2 atom stereocenters. The molecule has 0 spiro atoms. The number of rotatable bonds is 2. The van der Waals surface area contributed by atoms with Crippen molar-refractivity contribution in [3.63, 3.8) is 0 Å². The lowest BCUT2D eigenvalue weighted by molar-refractivity contribution is -0.00550. The number of carbonyl (C=O) groups excluding carboxylic acids is 1. The molecule has 2 unspecified atom stereocenters. The minimum Gasteiger partial charge on any atom is -0.372 e. The summed E-state index contributed by atoms with van der Waals surface area (Å²) in [5.41, 5.74) is 0.298. The zero-order valence-electron chi connectivity index (χ0n) is 12.0. The van der Waals surface area contributed by atoms with Crippen LogP contribution in [0.1, 0.15) is 24.2 Å². The van der Waals surface area contributed by atoms with E-state index in [0.717, 1.165) is 0 Å². The van der Waals surface area contributed by atoms with Gasteiger partial charge in [0.15, 0.2) is 6.29 Å². The van der Waals surface area contributed by atoms with Crippen molar-refractivity contribution >= 4 is 17.8 Å². The SMILES string of the molecule is CC1CN(c2nc3ccccn3c(=O)c2C=O)CC(C)O1. The molecule has 110 valence electrons. The number of carbonyl (C=O) groups is 1. The van der Waals surface area contributed by atoms with Crippen molar-refractivity contribution in [1.82, 2.24) is 9.38 Å². The first-order chi connectivity index (χ1) is 10.1. The predicted octanol–water partition coefficient (Wildman–Crippen LogP) is 1.12. The maximum Gasteiger partial charge on any atom is 0.270 e. The summed E-state index contributed by atoms with van der Waals surface area (Å²) in [5, 5.41) is 0. The second-order valence-electron chi connectivity index (χ2n) is 5.36. The van der Waals surface area contributed by atoms with Crippen molar-refractivity contribution in [2.75, 3.05) is 18.0 Å². The predicted molar refractivity (Wildman–Crippen MR) is 79.1 cm³/mol. The highest BCUT2D eigenvalue weighted by molar-refractivity contribution is 5.83. The first-order valence-electron chi connectivity index (χ1n) is 6.97. The van der Waals surface area contributed by atoms with Crippen LogP contribution in [0.25, 0.3) is 5.65 Å². The molecule has 0 radical (unpaired) electrons. The number of aldehydes is 1. The molecule has 1 saturated heterocycles. The third-order valence-corrected chi connectivity index (χ3v) is 3.59. The minimum atomic E-state index is -0.336. The van der Waals surface area contributed by atoms with Gasteiger partial charge < -0.3 is 9.64 Å². The molecule has 0 N–H and O–H groups in total. The van der Waals surface area contributed by atoms with Crippen molar-refractivity contribution in [2.24, 2.45) is 0 Å². The van der Waals surface area contributed by atoms with Crippen LogP contribution >= 0.6 is 0 Å². The Bertz CT molecular complexity index is 731. The van der Waals surface area contributed by atoms with Gasteiger partial charge in [-0.15, -0.1) is 0 Å². The molecule has 0 aliphatic carbocycles. The molecule has 6 nitrogen and oxygen atoms in total. The minimum absolute atomic E-state index is 0.0317. The van der Waals surface area contributed by atoms with Crippen molar-refractivity contribution in [3.8, 4) is 0 Å². The highest BCUT2D eigenvalue weighted by Gasteiger charge is 2.26. The van der Waals surface area contributed by atoms with Crippen LogP contribution in [0.3, 0.4) is 0 Å². The van der Waals surface area contributed by atoms with E-state index in [2.05, 4.69) is 4.98 Å². The van der Waals surface area contributed by atoms with Crippen LogP contribution in [0.5, 0.6) is 0 Å². The Morgan fingerprint density at radius 3 is 2.67 bits per heavy atom. The second kappa shape index (κ2) is 5.29. The number of pyridine rings is 1. The Hall–Kier alpha value is -2.21. The molecule has 0 saturated carbocycles. The molecule has 21 heavy (non-hydrogen) atoms. The molecule has 0 bridgehead atoms. The molecule has 0 amide bonds. The average Bonchev–Trinajstić information content (AvgIpc) is 2.46. The van der Waals surface area contributed by atoms with Crippen LogP contribution in [0.15, 0.2) is 29.2 Å². The molecule has 6 heteroatoms. The van der Waals surface area contributed by atoms with Gasteiger partial charge in [0.25, 0.3) is 5.56 Å². The Morgan fingerprint density at radius 2 is 2.00 bits per heavy atom. The lowest BCUT2D eigenvalue weighted by atomic mass is 10.2. The van der Waals surface area contributed by atoms with Gasteiger partial charge >= 0.3 is 0 Å². The Balaban J connectivity index is 2.17. The Morgan fingerprint density at radius 1 is 1.29 bits per heavy atom. The first kappa shape index (κ1) is 13.8. The Labute approximate surface area is 122 Å². The van der Waals surface area contributed by atoms with E-state index in [9.17, 15) is 9.59 Å². The van der Waals surface area contributed by atoms with Crippen LogP contribution in [-0.2, 0) is 4.74 Å². The third-order valence-electron chi connectivity index (χ3n) is 3.59. The summed E-state index contributed by atoms with van der Waals surface area (Å²) >= 11 is 0. The molecule has 3 rings (SSSR count). The van der Waals surface area contributed by atoms with Crippen LogP contribution in [-0.4, -0.2) is 41.0 Å². The van der Waals surface area contributed by atoms with Gasteiger partial charge in [0.2, 0.25) is 0 Å². The van der Waals surface area contributed by atoms with Crippen molar-refractivity contribution in [1.29, 1.82) is 0 Å². The fourth-order valence-corrected chi connectivity index (χ4v) is 2.79. The summed E-state index contributed by atoms with van der Waals surface area (Å²) < 4.78 is 7.08. The fraction of sp³-hybridized carbons (Fsp3) is 0.400. The van der Waals surface area contributed by atoms with Gasteiger partial charge in [-0.25, -0.2) is 4.98 Å². The number of nitrogens with zero attached hydrogens (tertiary/aromatic N) is 3. The van der Waals surface area contributed by atoms with Crippen molar-refractivity contribution < 1.29 is 9.53 Å². The van der Waals surface area contributed by atoms with Gasteiger partial charge in [0.1, 0.15) is 17.0 Å². The van der Waals surface area contributed by atoms with E-state index in [1.165, 1.54) is 4.40 Å². The van der Waals surface area contributed by atoms with E-state index in [0.29, 0.717) is 30.8 Å². The number of anilines is 1. The number of hydrogen-bond acceptors (Lipinski definition) is 5. The van der Waals surface area contributed by atoms with Gasteiger partial charge in [-0.1, -0.05) is 6.07 Å². The summed E-state index contributed by atoms with van der Waals surface area (Å²) in [5.74, 6) is 0.447. The van der Waals surface area contributed by atoms with E-state index in [1.807, 2.05) is 24.8 Å². The largest absolute Gasteiger partial charge is 0.372 e. The van der Waals surface area contributed by atoms with Gasteiger partial charge in [-0.2, -0.15) is 0 Å². The standard InChI is InChI=1S/C15H17N3O3/c1-10-7-17(8-11(2)21-10)14-12(9-19)15(20)18-6-4-3-5-13(18)16-14/h3-6,9-11H,7-8H2,1-2H3. The maximum absolute atomic E-state index is 12.4. The second-order valence-corrected chi connectivity index (χ2v) is 5.36. The number of ether oxygens (including phenoxy) is 1. The molecule has 2 aromatic rings. The maximum atomic E-state index is 12.4. The number of hydrogen-bond donors (Lipinski definition) is 0. The summed E-state index contributed by atoms with van der Waals surface area (Å²) in [7, 11) is 0. The normalized spacial score (nSPS) is 22.5. The lowest BCUT2D eigenvalue weighted by Crippen LogP contribution is -2.47. The van der Waals surface area contributed by atoms with Gasteiger partial charge in [0.05, 0.1) is 12.2 Å². The highest BCUT2D eigenvalue weighted by Crippen LogP contribution is 2.20. The van der Waals surface area contributed by atoms with Gasteiger partial charge in [-0.3, -0.25) is 14.0 Å². The fourth-order valence-electron chi connectivity index (χ4n) is 2.79. The van der Waals surface area contributed by atoms with E-state index in [1.54, 1.807) is 18.3 Å². The quantitative estimate of drug-likeness (QED) is 0.775. The molecule has 3 heterocycles. The third kappa shape index (κ3) is 2.42. The molecular formula is C15H17N3O3. The highest BCUT2D eigenvalue weighted by atomic mass is 16.5. The van der Waals surface area contributed by atoms with Crippen molar-refractivity contribution in [3.05, 3.63) is 40.3 Å². The molecular weight excluding hydrogens is 270 g/mol.